The van der Waals surface area contributed by atoms with Crippen LogP contribution in [-0.4, -0.2) is 63.4 Å². The quantitative estimate of drug-likeness (QED) is 0.664. The molecule has 8 nitrogen and oxygen atoms in total. The molecule has 180 valence electrons. The molecule has 4 bridgehead atoms. The minimum absolute atomic E-state index is 0.0962. The van der Waals surface area contributed by atoms with E-state index >= 15 is 0 Å². The Kier molecular flexibility index (Phi) is 4.69. The minimum Gasteiger partial charge on any atom is -0.454 e. The first kappa shape index (κ1) is 21.0. The van der Waals surface area contributed by atoms with Gasteiger partial charge in [-0.05, 0) is 79.7 Å². The summed E-state index contributed by atoms with van der Waals surface area (Å²) in [6.07, 6.45) is 8.17. The average Bonchev–Trinajstić information content (AvgIpc) is 3.47. The third-order valence-electron chi connectivity index (χ3n) is 8.94. The molecule has 8 rings (SSSR count). The van der Waals surface area contributed by atoms with E-state index < -0.39 is 0 Å². The molecule has 9 heteroatoms. The second-order valence-corrected chi connectivity index (χ2v) is 11.5. The van der Waals surface area contributed by atoms with E-state index in [-0.39, 0.29) is 11.0 Å². The Morgan fingerprint density at radius 3 is 2.56 bits per heavy atom. The van der Waals surface area contributed by atoms with Crippen molar-refractivity contribution >= 4 is 17.5 Å². The van der Waals surface area contributed by atoms with Crippen molar-refractivity contribution in [2.75, 3.05) is 33.0 Å². The molecule has 4 saturated carbocycles. The summed E-state index contributed by atoms with van der Waals surface area (Å²) in [6, 6.07) is 6.17. The van der Waals surface area contributed by atoms with Crippen molar-refractivity contribution in [1.29, 1.82) is 0 Å². The van der Waals surface area contributed by atoms with Crippen molar-refractivity contribution in [2.24, 2.45) is 17.3 Å². The van der Waals surface area contributed by atoms with Gasteiger partial charge in [-0.15, -0.1) is 5.10 Å². The van der Waals surface area contributed by atoms with Crippen molar-refractivity contribution in [3.63, 3.8) is 0 Å². The van der Waals surface area contributed by atoms with Gasteiger partial charge in [-0.3, -0.25) is 9.69 Å². The van der Waals surface area contributed by atoms with Gasteiger partial charge in [0.2, 0.25) is 18.0 Å². The Bertz CT molecular complexity index is 1110. The maximum atomic E-state index is 14.0. The van der Waals surface area contributed by atoms with Crippen molar-refractivity contribution in [1.82, 2.24) is 24.6 Å². The van der Waals surface area contributed by atoms with Crippen LogP contribution in [0.2, 0.25) is 5.28 Å². The van der Waals surface area contributed by atoms with Crippen molar-refractivity contribution in [3.05, 3.63) is 35.4 Å². The zero-order valence-corrected chi connectivity index (χ0v) is 20.0. The fourth-order valence-electron chi connectivity index (χ4n) is 7.95. The Morgan fingerprint density at radius 2 is 1.82 bits per heavy atom. The number of hydrogen-bond donors (Lipinski definition) is 0. The van der Waals surface area contributed by atoms with Crippen LogP contribution in [0.25, 0.3) is 0 Å². The number of hydrogen-bond acceptors (Lipinski definition) is 6. The molecule has 1 saturated heterocycles. The minimum atomic E-state index is -0.248. The van der Waals surface area contributed by atoms with Crippen molar-refractivity contribution in [2.45, 2.75) is 50.6 Å². The third-order valence-corrected chi connectivity index (χ3v) is 9.11. The molecule has 2 unspecified atom stereocenters. The van der Waals surface area contributed by atoms with E-state index in [0.29, 0.717) is 29.8 Å². The lowest BCUT2D eigenvalue weighted by Crippen LogP contribution is -2.62. The summed E-state index contributed by atoms with van der Waals surface area (Å²) in [7, 11) is 0. The highest BCUT2D eigenvalue weighted by Crippen LogP contribution is 2.64. The van der Waals surface area contributed by atoms with E-state index in [0.717, 1.165) is 76.3 Å². The van der Waals surface area contributed by atoms with Gasteiger partial charge in [-0.1, -0.05) is 6.07 Å². The van der Waals surface area contributed by atoms with Gasteiger partial charge in [0.15, 0.2) is 11.5 Å². The summed E-state index contributed by atoms with van der Waals surface area (Å²) < 4.78 is 12.9. The maximum Gasteiger partial charge on any atom is 0.242 e. The van der Waals surface area contributed by atoms with Gasteiger partial charge < -0.3 is 14.4 Å². The number of nitrogens with zero attached hydrogens (tertiary/aromatic N) is 5. The van der Waals surface area contributed by atoms with Crippen LogP contribution in [0.3, 0.4) is 0 Å². The highest BCUT2D eigenvalue weighted by atomic mass is 35.5. The predicted molar refractivity (Wildman–Crippen MR) is 125 cm³/mol. The summed E-state index contributed by atoms with van der Waals surface area (Å²) in [6.45, 7) is 4.55. The van der Waals surface area contributed by atoms with E-state index in [2.05, 4.69) is 32.0 Å². The molecule has 1 amide bonds. The number of piperazine rings is 1. The largest absolute Gasteiger partial charge is 0.454 e. The predicted octanol–water partition coefficient (Wildman–Crippen LogP) is 3.30. The number of carbonyl (C=O) groups is 1. The molecule has 0 radical (unpaired) electrons. The molecule has 3 heterocycles. The van der Waals surface area contributed by atoms with Gasteiger partial charge in [0.25, 0.3) is 0 Å². The molecule has 2 aliphatic heterocycles. The average molecular weight is 484 g/mol. The van der Waals surface area contributed by atoms with Crippen LogP contribution < -0.4 is 9.47 Å². The van der Waals surface area contributed by atoms with Crippen molar-refractivity contribution < 1.29 is 14.3 Å². The van der Waals surface area contributed by atoms with E-state index in [1.807, 2.05) is 10.7 Å². The summed E-state index contributed by atoms with van der Waals surface area (Å²) in [4.78, 5) is 22.8. The molecule has 4 aliphatic carbocycles. The summed E-state index contributed by atoms with van der Waals surface area (Å²) >= 11 is 6.08. The van der Waals surface area contributed by atoms with Gasteiger partial charge in [0.05, 0.1) is 11.0 Å². The van der Waals surface area contributed by atoms with Gasteiger partial charge in [0, 0.05) is 32.7 Å². The van der Waals surface area contributed by atoms with Crippen LogP contribution in [0, 0.1) is 17.3 Å². The standard InChI is InChI=1S/C25H30ClN5O3/c26-23-27-15-31(28-23)25-11-18-7-19(12-25)10-24(9-18,14-25)22(32)30-5-3-29(4-6-30)13-17-1-2-20-21(8-17)34-16-33-20/h1-2,8,15,18-19H,3-7,9-14,16H2. The van der Waals surface area contributed by atoms with E-state index in [1.54, 1.807) is 6.33 Å². The van der Waals surface area contributed by atoms with E-state index in [9.17, 15) is 4.79 Å². The zero-order valence-electron chi connectivity index (χ0n) is 19.3. The first-order valence-corrected chi connectivity index (χ1v) is 12.9. The molecule has 2 atom stereocenters. The van der Waals surface area contributed by atoms with Crippen molar-refractivity contribution in [3.8, 4) is 11.5 Å². The number of amides is 1. The first-order chi connectivity index (χ1) is 16.5. The van der Waals surface area contributed by atoms with Crippen LogP contribution in [-0.2, 0) is 16.9 Å². The molecule has 0 N–H and O–H groups in total. The fraction of sp³-hybridized carbons (Fsp3) is 0.640. The molecule has 1 aromatic heterocycles. The third kappa shape index (κ3) is 3.33. The Balaban J connectivity index is 1.04. The molecular formula is C25H30ClN5O3. The highest BCUT2D eigenvalue weighted by Gasteiger charge is 2.62. The summed E-state index contributed by atoms with van der Waals surface area (Å²) in [5.74, 6) is 3.22. The van der Waals surface area contributed by atoms with Gasteiger partial charge in [0.1, 0.15) is 6.33 Å². The topological polar surface area (TPSA) is 72.7 Å². The summed E-state index contributed by atoms with van der Waals surface area (Å²) in [5.41, 5.74) is 0.877. The fourth-order valence-corrected chi connectivity index (χ4v) is 8.07. The number of rotatable bonds is 4. The second kappa shape index (κ2) is 7.59. The molecule has 34 heavy (non-hydrogen) atoms. The number of aromatic nitrogens is 3. The van der Waals surface area contributed by atoms with E-state index in [4.69, 9.17) is 21.1 Å². The number of halogens is 1. The number of benzene rings is 1. The Labute approximate surface area is 204 Å². The SMILES string of the molecule is O=C(N1CCN(Cc2ccc3c(c2)OCO3)CC1)C12CC3CC(C1)CC(n1cnc(Cl)n1)(C3)C2. The second-order valence-electron chi connectivity index (χ2n) is 11.2. The zero-order chi connectivity index (χ0) is 22.9. The molecule has 5 fully saturated rings. The van der Waals surface area contributed by atoms with Crippen LogP contribution in [0.4, 0.5) is 0 Å². The van der Waals surface area contributed by atoms with Gasteiger partial charge in [-0.2, -0.15) is 0 Å². The van der Waals surface area contributed by atoms with Crippen LogP contribution in [0.1, 0.15) is 44.1 Å². The molecule has 1 aromatic carbocycles. The lowest BCUT2D eigenvalue weighted by molar-refractivity contribution is -0.168. The monoisotopic (exact) mass is 483 g/mol. The summed E-state index contributed by atoms with van der Waals surface area (Å²) in [5, 5.41) is 4.80. The van der Waals surface area contributed by atoms with E-state index in [1.165, 1.54) is 12.0 Å². The van der Waals surface area contributed by atoms with Crippen LogP contribution in [0.15, 0.2) is 24.5 Å². The first-order valence-electron chi connectivity index (χ1n) is 12.5. The number of ether oxygens (including phenoxy) is 2. The Hall–Kier alpha value is -2.32. The Morgan fingerprint density at radius 1 is 1.06 bits per heavy atom. The molecule has 0 spiro atoms. The maximum absolute atomic E-state index is 14.0. The van der Waals surface area contributed by atoms with Gasteiger partial charge in [-0.25, -0.2) is 9.67 Å². The van der Waals surface area contributed by atoms with Crippen LogP contribution >= 0.6 is 11.6 Å². The lowest BCUT2D eigenvalue weighted by atomic mass is 9.46. The van der Waals surface area contributed by atoms with Crippen LogP contribution in [0.5, 0.6) is 11.5 Å². The number of carbonyl (C=O) groups excluding carboxylic acids is 1. The number of fused-ring (bicyclic) bond motifs is 1. The smallest absolute Gasteiger partial charge is 0.242 e. The molecule has 2 aromatic rings. The lowest BCUT2D eigenvalue weighted by Gasteiger charge is -2.61. The highest BCUT2D eigenvalue weighted by molar-refractivity contribution is 6.28. The molecule has 6 aliphatic rings. The van der Waals surface area contributed by atoms with Gasteiger partial charge >= 0.3 is 0 Å². The molecular weight excluding hydrogens is 454 g/mol. The normalized spacial score (nSPS) is 34.1.